The van der Waals surface area contributed by atoms with Gasteiger partial charge in [-0.3, -0.25) is 9.59 Å². The Morgan fingerprint density at radius 2 is 1.95 bits per heavy atom. The highest BCUT2D eigenvalue weighted by molar-refractivity contribution is 6.39. The number of rotatable bonds is 5. The van der Waals surface area contributed by atoms with Crippen molar-refractivity contribution in [3.63, 3.8) is 0 Å². The van der Waals surface area contributed by atoms with Gasteiger partial charge in [-0.15, -0.1) is 0 Å². The minimum Gasteiger partial charge on any atom is -0.348 e. The van der Waals surface area contributed by atoms with Crippen LogP contribution in [0.4, 0.5) is 5.69 Å². The van der Waals surface area contributed by atoms with Crippen LogP contribution in [-0.2, 0) is 9.59 Å². The molecule has 1 rings (SSSR count). The highest BCUT2D eigenvalue weighted by Gasteiger charge is 2.14. The van der Waals surface area contributed by atoms with E-state index < -0.39 is 11.8 Å². The minimum absolute atomic E-state index is 0.292. The van der Waals surface area contributed by atoms with Gasteiger partial charge in [0.25, 0.3) is 0 Å². The summed E-state index contributed by atoms with van der Waals surface area (Å²) in [5.74, 6) is -0.939. The van der Waals surface area contributed by atoms with Gasteiger partial charge in [-0.05, 0) is 44.6 Å². The topological polar surface area (TPSA) is 61.4 Å². The molecule has 0 bridgehead atoms. The fraction of sp³-hybridized carbons (Fsp3) is 0.467. The lowest BCUT2D eigenvalue weighted by molar-refractivity contribution is -0.136. The molecule has 1 aromatic rings. The molecule has 110 valence electrons. The van der Waals surface area contributed by atoms with Gasteiger partial charge in [0, 0.05) is 18.8 Å². The second kappa shape index (κ2) is 7.65. The second-order valence-corrected chi connectivity index (χ2v) is 5.40. The third-order valence-corrected chi connectivity index (χ3v) is 2.77. The lowest BCUT2D eigenvalue weighted by Crippen LogP contribution is -2.39. The van der Waals surface area contributed by atoms with Crippen LogP contribution in [0.1, 0.15) is 12.5 Å². The summed E-state index contributed by atoms with van der Waals surface area (Å²) in [6.45, 7) is 5.30. The zero-order chi connectivity index (χ0) is 15.1. The first kappa shape index (κ1) is 16.2. The van der Waals surface area contributed by atoms with Gasteiger partial charge in [-0.1, -0.05) is 19.1 Å². The standard InChI is InChI=1S/C15H23N3O2/c1-11-6-5-7-13(8-11)17-15(20)14(19)16-9-12(2)10-18(3)4/h5-8,12H,9-10H2,1-4H3,(H,16,19)(H,17,20). The summed E-state index contributed by atoms with van der Waals surface area (Å²) in [6.07, 6.45) is 0. The summed E-state index contributed by atoms with van der Waals surface area (Å²) < 4.78 is 0. The Bertz CT molecular complexity index is 472. The predicted octanol–water partition coefficient (Wildman–Crippen LogP) is 1.25. The van der Waals surface area contributed by atoms with Crippen molar-refractivity contribution in [1.82, 2.24) is 10.2 Å². The van der Waals surface area contributed by atoms with E-state index in [9.17, 15) is 9.59 Å². The van der Waals surface area contributed by atoms with Gasteiger partial charge in [-0.2, -0.15) is 0 Å². The van der Waals surface area contributed by atoms with Gasteiger partial charge in [0.05, 0.1) is 0 Å². The lowest BCUT2D eigenvalue weighted by Gasteiger charge is -2.17. The first-order valence-electron chi connectivity index (χ1n) is 6.69. The molecule has 0 aliphatic rings. The molecular weight excluding hydrogens is 254 g/mol. The van der Waals surface area contributed by atoms with Crippen LogP contribution in [0.3, 0.4) is 0 Å². The molecule has 5 heteroatoms. The van der Waals surface area contributed by atoms with Gasteiger partial charge < -0.3 is 15.5 Å². The van der Waals surface area contributed by atoms with Crippen LogP contribution in [0.5, 0.6) is 0 Å². The van der Waals surface area contributed by atoms with E-state index in [1.165, 1.54) is 0 Å². The van der Waals surface area contributed by atoms with Crippen molar-refractivity contribution in [3.05, 3.63) is 29.8 Å². The van der Waals surface area contributed by atoms with Crippen LogP contribution in [0.25, 0.3) is 0 Å². The van der Waals surface area contributed by atoms with Crippen LogP contribution in [0, 0.1) is 12.8 Å². The number of hydrogen-bond donors (Lipinski definition) is 2. The van der Waals surface area contributed by atoms with Crippen molar-refractivity contribution in [2.24, 2.45) is 5.92 Å². The Labute approximate surface area is 120 Å². The van der Waals surface area contributed by atoms with Gasteiger partial charge in [-0.25, -0.2) is 0 Å². The van der Waals surface area contributed by atoms with Crippen LogP contribution >= 0.6 is 0 Å². The average molecular weight is 277 g/mol. The van der Waals surface area contributed by atoms with E-state index in [2.05, 4.69) is 10.6 Å². The molecule has 1 aromatic carbocycles. The number of amides is 2. The molecular formula is C15H23N3O2. The van der Waals surface area contributed by atoms with Crippen LogP contribution in [0.15, 0.2) is 24.3 Å². The number of carbonyl (C=O) groups excluding carboxylic acids is 2. The molecule has 2 amide bonds. The Kier molecular flexibility index (Phi) is 6.18. The summed E-state index contributed by atoms with van der Waals surface area (Å²) in [6, 6.07) is 7.34. The van der Waals surface area contributed by atoms with Crippen molar-refractivity contribution in [3.8, 4) is 0 Å². The van der Waals surface area contributed by atoms with Crippen LogP contribution < -0.4 is 10.6 Å². The van der Waals surface area contributed by atoms with Crippen molar-refractivity contribution >= 4 is 17.5 Å². The Balaban J connectivity index is 2.42. The van der Waals surface area contributed by atoms with E-state index >= 15 is 0 Å². The Morgan fingerprint density at radius 3 is 2.55 bits per heavy atom. The highest BCUT2D eigenvalue weighted by Crippen LogP contribution is 2.09. The first-order chi connectivity index (χ1) is 9.38. The molecule has 20 heavy (non-hydrogen) atoms. The number of anilines is 1. The normalized spacial score (nSPS) is 12.1. The summed E-state index contributed by atoms with van der Waals surface area (Å²) in [4.78, 5) is 25.5. The maximum atomic E-state index is 11.7. The van der Waals surface area contributed by atoms with Crippen LogP contribution in [-0.4, -0.2) is 43.9 Å². The SMILES string of the molecule is Cc1cccc(NC(=O)C(=O)NCC(C)CN(C)C)c1. The molecule has 0 aliphatic carbocycles. The number of benzene rings is 1. The summed E-state index contributed by atoms with van der Waals surface area (Å²) in [5, 5.41) is 5.23. The fourth-order valence-electron chi connectivity index (χ4n) is 1.95. The molecule has 2 N–H and O–H groups in total. The molecule has 5 nitrogen and oxygen atoms in total. The lowest BCUT2D eigenvalue weighted by atomic mass is 10.1. The fourth-order valence-corrected chi connectivity index (χ4v) is 1.95. The monoisotopic (exact) mass is 277 g/mol. The molecule has 0 spiro atoms. The first-order valence-corrected chi connectivity index (χ1v) is 6.69. The maximum Gasteiger partial charge on any atom is 0.313 e. The molecule has 0 fully saturated rings. The predicted molar refractivity (Wildman–Crippen MR) is 80.5 cm³/mol. The average Bonchev–Trinajstić information content (AvgIpc) is 2.35. The smallest absolute Gasteiger partial charge is 0.313 e. The molecule has 0 saturated carbocycles. The zero-order valence-corrected chi connectivity index (χ0v) is 12.6. The summed E-state index contributed by atoms with van der Waals surface area (Å²) in [5.41, 5.74) is 1.66. The largest absolute Gasteiger partial charge is 0.348 e. The van der Waals surface area contributed by atoms with E-state index in [0.29, 0.717) is 18.2 Å². The van der Waals surface area contributed by atoms with Gasteiger partial charge in [0.1, 0.15) is 0 Å². The molecule has 0 aliphatic heterocycles. The molecule has 0 aromatic heterocycles. The van der Waals surface area contributed by atoms with E-state index in [1.54, 1.807) is 6.07 Å². The summed E-state index contributed by atoms with van der Waals surface area (Å²) in [7, 11) is 3.95. The number of hydrogen-bond acceptors (Lipinski definition) is 3. The zero-order valence-electron chi connectivity index (χ0n) is 12.6. The molecule has 1 unspecified atom stereocenters. The van der Waals surface area contributed by atoms with E-state index in [4.69, 9.17) is 0 Å². The van der Waals surface area contributed by atoms with Gasteiger partial charge in [0.15, 0.2) is 0 Å². The highest BCUT2D eigenvalue weighted by atomic mass is 16.2. The number of carbonyl (C=O) groups is 2. The van der Waals surface area contributed by atoms with E-state index in [0.717, 1.165) is 12.1 Å². The molecule has 1 atom stereocenters. The molecule has 0 radical (unpaired) electrons. The number of aryl methyl sites for hydroxylation is 1. The molecule has 0 heterocycles. The quantitative estimate of drug-likeness (QED) is 0.796. The Morgan fingerprint density at radius 1 is 1.25 bits per heavy atom. The van der Waals surface area contributed by atoms with E-state index in [1.807, 2.05) is 51.0 Å². The third-order valence-electron chi connectivity index (χ3n) is 2.77. The number of nitrogens with one attached hydrogen (secondary N) is 2. The third kappa shape index (κ3) is 5.84. The second-order valence-electron chi connectivity index (χ2n) is 5.40. The van der Waals surface area contributed by atoms with Crippen molar-refractivity contribution < 1.29 is 9.59 Å². The number of nitrogens with zero attached hydrogens (tertiary/aromatic N) is 1. The maximum absolute atomic E-state index is 11.7. The minimum atomic E-state index is -0.632. The summed E-state index contributed by atoms with van der Waals surface area (Å²) >= 11 is 0. The van der Waals surface area contributed by atoms with Crippen LogP contribution in [0.2, 0.25) is 0 Å². The molecule has 0 saturated heterocycles. The van der Waals surface area contributed by atoms with Gasteiger partial charge >= 0.3 is 11.8 Å². The van der Waals surface area contributed by atoms with Crippen molar-refractivity contribution in [2.75, 3.05) is 32.5 Å². The van der Waals surface area contributed by atoms with Gasteiger partial charge in [0.2, 0.25) is 0 Å². The Hall–Kier alpha value is -1.88. The van der Waals surface area contributed by atoms with E-state index in [-0.39, 0.29) is 0 Å². The van der Waals surface area contributed by atoms with Crippen molar-refractivity contribution in [1.29, 1.82) is 0 Å². The van der Waals surface area contributed by atoms with Crippen molar-refractivity contribution in [2.45, 2.75) is 13.8 Å².